The zero-order chi connectivity index (χ0) is 15.3. The van der Waals surface area contributed by atoms with Crippen LogP contribution in [0.5, 0.6) is 0 Å². The van der Waals surface area contributed by atoms with Crippen molar-refractivity contribution in [2.75, 3.05) is 5.32 Å². The zero-order valence-corrected chi connectivity index (χ0v) is 13.0. The van der Waals surface area contributed by atoms with Crippen LogP contribution in [0.3, 0.4) is 0 Å². The smallest absolute Gasteiger partial charge is 0.266 e. The summed E-state index contributed by atoms with van der Waals surface area (Å²) >= 11 is 0. The Hall–Kier alpha value is -1.65. The van der Waals surface area contributed by atoms with E-state index in [1.54, 1.807) is 18.3 Å². The van der Waals surface area contributed by atoms with Gasteiger partial charge in [-0.3, -0.25) is 15.4 Å². The van der Waals surface area contributed by atoms with Gasteiger partial charge in [-0.2, -0.15) is 0 Å². The molecule has 0 amide bonds. The van der Waals surface area contributed by atoms with E-state index in [1.807, 2.05) is 0 Å². The molecular weight excluding hydrogens is 278 g/mol. The van der Waals surface area contributed by atoms with Crippen molar-refractivity contribution in [1.29, 1.82) is 0 Å². The number of aromatic amines is 1. The zero-order valence-electron chi connectivity index (χ0n) is 13.0. The first-order valence-electron chi connectivity index (χ1n) is 8.47. The van der Waals surface area contributed by atoms with E-state index in [4.69, 9.17) is 0 Å². The van der Waals surface area contributed by atoms with Crippen LogP contribution in [0.15, 0.2) is 18.3 Å². The number of nitro groups is 1. The summed E-state index contributed by atoms with van der Waals surface area (Å²) < 4.78 is 0. The first-order valence-corrected chi connectivity index (χ1v) is 8.47. The Bertz CT molecular complexity index is 566. The summed E-state index contributed by atoms with van der Waals surface area (Å²) in [6.07, 6.45) is 9.91. The molecule has 1 atom stereocenters. The van der Waals surface area contributed by atoms with Gasteiger partial charge in [-0.25, -0.2) is 4.98 Å². The number of nitrogens with zero attached hydrogens (tertiary/aromatic N) is 1. The summed E-state index contributed by atoms with van der Waals surface area (Å²) in [6, 6.07) is 3.52. The lowest BCUT2D eigenvalue weighted by Gasteiger charge is -2.57. The minimum Gasteiger partial charge on any atom is -0.266 e. The highest BCUT2D eigenvalue weighted by molar-refractivity contribution is 5.51. The summed E-state index contributed by atoms with van der Waals surface area (Å²) in [7, 11) is 0. The SMILES string of the molecule is C[C@H](Nc1[nH+]cccc1[N+](=O)[O-])C12CC3CC(CC(C3)C1)C2. The second kappa shape index (κ2) is 4.93. The van der Waals surface area contributed by atoms with Crippen molar-refractivity contribution in [3.8, 4) is 0 Å². The molecule has 1 heterocycles. The number of rotatable bonds is 4. The largest absolute Gasteiger partial charge is 0.357 e. The molecule has 5 nitrogen and oxygen atoms in total. The molecular formula is C17H24N3O2+. The predicted molar refractivity (Wildman–Crippen MR) is 83.3 cm³/mol. The number of hydrogen-bond acceptors (Lipinski definition) is 3. The molecule has 0 aliphatic heterocycles. The van der Waals surface area contributed by atoms with Crippen LogP contribution in [0.1, 0.15) is 45.4 Å². The van der Waals surface area contributed by atoms with Crippen LogP contribution in [0, 0.1) is 33.3 Å². The summed E-state index contributed by atoms with van der Waals surface area (Å²) in [5.41, 5.74) is 0.478. The van der Waals surface area contributed by atoms with Gasteiger partial charge in [0.2, 0.25) is 0 Å². The molecule has 0 aromatic carbocycles. The molecule has 0 radical (unpaired) electrons. The summed E-state index contributed by atoms with van der Waals surface area (Å²) in [5, 5.41) is 14.6. The van der Waals surface area contributed by atoms with Gasteiger partial charge in [0.05, 0.1) is 17.2 Å². The lowest BCUT2D eigenvalue weighted by atomic mass is 9.48. The fourth-order valence-corrected chi connectivity index (χ4v) is 5.77. The second-order valence-electron chi connectivity index (χ2n) is 7.83. The number of anilines is 1. The van der Waals surface area contributed by atoms with Gasteiger partial charge < -0.3 is 0 Å². The van der Waals surface area contributed by atoms with Gasteiger partial charge in [0.25, 0.3) is 0 Å². The van der Waals surface area contributed by atoms with Crippen LogP contribution in [0.25, 0.3) is 0 Å². The third-order valence-electron chi connectivity index (χ3n) is 6.40. The molecule has 1 aromatic heterocycles. The predicted octanol–water partition coefficient (Wildman–Crippen LogP) is 3.43. The Kier molecular flexibility index (Phi) is 3.13. The molecule has 0 saturated heterocycles. The van der Waals surface area contributed by atoms with E-state index in [-0.39, 0.29) is 16.7 Å². The molecule has 4 bridgehead atoms. The Morgan fingerprint density at radius 3 is 2.41 bits per heavy atom. The average Bonchev–Trinajstić information content (AvgIpc) is 2.46. The summed E-state index contributed by atoms with van der Waals surface area (Å²) in [5.74, 6) is 3.23. The van der Waals surface area contributed by atoms with Crippen molar-refractivity contribution in [3.05, 3.63) is 28.4 Å². The highest BCUT2D eigenvalue weighted by atomic mass is 16.6. The Balaban J connectivity index is 1.58. The first kappa shape index (κ1) is 14.0. The lowest BCUT2D eigenvalue weighted by molar-refractivity contribution is -0.410. The fourth-order valence-electron chi connectivity index (χ4n) is 5.77. The molecule has 4 fully saturated rings. The first-order chi connectivity index (χ1) is 10.6. The van der Waals surface area contributed by atoms with E-state index in [0.717, 1.165) is 17.8 Å². The van der Waals surface area contributed by atoms with Gasteiger partial charge in [-0.05, 0) is 69.3 Å². The number of hydrogen-bond donors (Lipinski definition) is 1. The van der Waals surface area contributed by atoms with Crippen molar-refractivity contribution in [1.82, 2.24) is 0 Å². The molecule has 22 heavy (non-hydrogen) atoms. The Labute approximate surface area is 130 Å². The van der Waals surface area contributed by atoms with Crippen LogP contribution in [0.4, 0.5) is 11.5 Å². The van der Waals surface area contributed by atoms with Gasteiger partial charge in [-0.1, -0.05) is 0 Å². The van der Waals surface area contributed by atoms with Crippen molar-refractivity contribution in [3.63, 3.8) is 0 Å². The van der Waals surface area contributed by atoms with E-state index in [0.29, 0.717) is 11.2 Å². The molecule has 4 saturated carbocycles. The molecule has 0 unspecified atom stereocenters. The van der Waals surface area contributed by atoms with E-state index in [1.165, 1.54) is 38.5 Å². The normalized spacial score (nSPS) is 37.0. The second-order valence-corrected chi connectivity index (χ2v) is 7.83. The quantitative estimate of drug-likeness (QED) is 0.684. The Morgan fingerprint density at radius 2 is 1.86 bits per heavy atom. The molecule has 4 aliphatic rings. The number of aromatic nitrogens is 1. The van der Waals surface area contributed by atoms with Crippen LogP contribution in [0.2, 0.25) is 0 Å². The highest BCUT2D eigenvalue weighted by Gasteiger charge is 2.54. The fraction of sp³-hybridized carbons (Fsp3) is 0.706. The number of H-pyrrole nitrogens is 1. The van der Waals surface area contributed by atoms with Crippen molar-refractivity contribution < 1.29 is 9.91 Å². The molecule has 5 rings (SSSR count). The van der Waals surface area contributed by atoms with E-state index >= 15 is 0 Å². The van der Waals surface area contributed by atoms with Crippen LogP contribution in [-0.2, 0) is 0 Å². The minimum absolute atomic E-state index is 0.138. The van der Waals surface area contributed by atoms with Crippen LogP contribution < -0.4 is 10.3 Å². The number of pyridine rings is 1. The molecule has 4 aliphatic carbocycles. The van der Waals surface area contributed by atoms with Crippen molar-refractivity contribution in [2.45, 2.75) is 51.5 Å². The maximum absolute atomic E-state index is 11.2. The summed E-state index contributed by atoms with van der Waals surface area (Å²) in [4.78, 5) is 13.9. The average molecular weight is 302 g/mol. The molecule has 118 valence electrons. The van der Waals surface area contributed by atoms with Crippen molar-refractivity contribution in [2.24, 2.45) is 23.2 Å². The lowest BCUT2D eigenvalue weighted by Crippen LogP contribution is -2.53. The molecule has 2 N–H and O–H groups in total. The van der Waals surface area contributed by atoms with E-state index in [9.17, 15) is 10.1 Å². The maximum Gasteiger partial charge on any atom is 0.357 e. The molecule has 1 aromatic rings. The van der Waals surface area contributed by atoms with Crippen LogP contribution in [-0.4, -0.2) is 11.0 Å². The third-order valence-corrected chi connectivity index (χ3v) is 6.40. The summed E-state index contributed by atoms with van der Waals surface area (Å²) in [6.45, 7) is 2.22. The van der Waals surface area contributed by atoms with E-state index < -0.39 is 0 Å². The maximum atomic E-state index is 11.2. The molecule has 0 spiro atoms. The topological polar surface area (TPSA) is 69.3 Å². The number of nitrogens with one attached hydrogen (secondary N) is 2. The third kappa shape index (κ3) is 2.18. The van der Waals surface area contributed by atoms with Gasteiger partial charge in [-0.15, -0.1) is 0 Å². The van der Waals surface area contributed by atoms with Crippen LogP contribution >= 0.6 is 0 Å². The van der Waals surface area contributed by atoms with Crippen molar-refractivity contribution >= 4 is 11.5 Å². The minimum atomic E-state index is -0.314. The Morgan fingerprint density at radius 1 is 1.27 bits per heavy atom. The van der Waals surface area contributed by atoms with Gasteiger partial charge >= 0.3 is 11.5 Å². The highest BCUT2D eigenvalue weighted by Crippen LogP contribution is 2.61. The van der Waals surface area contributed by atoms with Gasteiger partial charge in [0, 0.05) is 11.5 Å². The van der Waals surface area contributed by atoms with Gasteiger partial charge in [0.1, 0.15) is 0 Å². The van der Waals surface area contributed by atoms with Gasteiger partial charge in [0.15, 0.2) is 0 Å². The van der Waals surface area contributed by atoms with E-state index in [2.05, 4.69) is 17.2 Å². The molecule has 5 heteroatoms. The monoisotopic (exact) mass is 302 g/mol. The standard InChI is InChI=1S/C17H23N3O2/c1-11(19-16-15(20(21)22)3-2-4-18-16)17-8-12-5-13(9-17)7-14(6-12)10-17/h2-4,11-14H,5-10H2,1H3,(H,18,19)/p+1/t11-,12?,13?,14?,17?/m0/s1.